The molecule has 0 aliphatic heterocycles. The SMILES string of the molecule is Cc1ccc(C)c(S(=O)(=O)N(C)CC(=O)NCc2cccnc2)c1. The fraction of sp³-hybridized carbons (Fsp3) is 0.294. The van der Waals surface area contributed by atoms with E-state index in [1.165, 1.54) is 7.05 Å². The van der Waals surface area contributed by atoms with Crippen LogP contribution in [0.1, 0.15) is 16.7 Å². The molecule has 0 fully saturated rings. The summed E-state index contributed by atoms with van der Waals surface area (Å²) in [5.41, 5.74) is 2.36. The van der Waals surface area contributed by atoms with Gasteiger partial charge in [0.25, 0.3) is 0 Å². The highest BCUT2D eigenvalue weighted by Gasteiger charge is 2.24. The van der Waals surface area contributed by atoms with Crippen LogP contribution in [0.25, 0.3) is 0 Å². The Morgan fingerprint density at radius 1 is 1.25 bits per heavy atom. The molecule has 1 N–H and O–H groups in total. The number of hydrogen-bond donors (Lipinski definition) is 1. The van der Waals surface area contributed by atoms with Gasteiger partial charge in [0.15, 0.2) is 0 Å². The largest absolute Gasteiger partial charge is 0.351 e. The van der Waals surface area contributed by atoms with Crippen molar-refractivity contribution in [1.29, 1.82) is 0 Å². The number of pyridine rings is 1. The highest BCUT2D eigenvalue weighted by molar-refractivity contribution is 7.89. The van der Waals surface area contributed by atoms with Crippen molar-refractivity contribution in [1.82, 2.24) is 14.6 Å². The molecule has 0 unspecified atom stereocenters. The van der Waals surface area contributed by atoms with Gasteiger partial charge in [-0.2, -0.15) is 4.31 Å². The third-order valence-electron chi connectivity index (χ3n) is 3.61. The van der Waals surface area contributed by atoms with Crippen molar-refractivity contribution in [3.05, 3.63) is 59.4 Å². The molecule has 6 nitrogen and oxygen atoms in total. The predicted octanol–water partition coefficient (Wildman–Crippen LogP) is 1.64. The summed E-state index contributed by atoms with van der Waals surface area (Å²) < 4.78 is 26.4. The number of nitrogens with zero attached hydrogens (tertiary/aromatic N) is 2. The first-order valence-electron chi connectivity index (χ1n) is 7.50. The minimum Gasteiger partial charge on any atom is -0.351 e. The zero-order valence-electron chi connectivity index (χ0n) is 14.0. The van der Waals surface area contributed by atoms with Gasteiger partial charge in [-0.1, -0.05) is 18.2 Å². The van der Waals surface area contributed by atoms with Crippen LogP contribution in [0.15, 0.2) is 47.6 Å². The average molecular weight is 347 g/mol. The standard InChI is InChI=1S/C17H21N3O3S/c1-13-6-7-14(2)16(9-13)24(22,23)20(3)12-17(21)19-11-15-5-4-8-18-10-15/h4-10H,11-12H2,1-3H3,(H,19,21). The van der Waals surface area contributed by atoms with Crippen LogP contribution in [0.5, 0.6) is 0 Å². The zero-order valence-corrected chi connectivity index (χ0v) is 14.8. The Labute approximate surface area is 142 Å². The predicted molar refractivity (Wildman–Crippen MR) is 91.8 cm³/mol. The van der Waals surface area contributed by atoms with Crippen molar-refractivity contribution in [3.8, 4) is 0 Å². The topological polar surface area (TPSA) is 79.4 Å². The van der Waals surface area contributed by atoms with Gasteiger partial charge in [-0.15, -0.1) is 0 Å². The molecule has 0 saturated heterocycles. The molecule has 1 aromatic carbocycles. The number of benzene rings is 1. The van der Waals surface area contributed by atoms with Crippen molar-refractivity contribution in [2.75, 3.05) is 13.6 Å². The number of rotatable bonds is 6. The molecule has 0 aliphatic carbocycles. The summed E-state index contributed by atoms with van der Waals surface area (Å²) in [7, 11) is -2.31. The van der Waals surface area contributed by atoms with E-state index < -0.39 is 10.0 Å². The summed E-state index contributed by atoms with van der Waals surface area (Å²) in [6.45, 7) is 3.64. The van der Waals surface area contributed by atoms with Crippen LogP contribution in [0.3, 0.4) is 0 Å². The van der Waals surface area contributed by atoms with Crippen LogP contribution in [0.4, 0.5) is 0 Å². The maximum Gasteiger partial charge on any atom is 0.243 e. The smallest absolute Gasteiger partial charge is 0.243 e. The fourth-order valence-electron chi connectivity index (χ4n) is 2.20. The van der Waals surface area contributed by atoms with Crippen LogP contribution in [-0.4, -0.2) is 37.2 Å². The van der Waals surface area contributed by atoms with E-state index in [1.54, 1.807) is 37.5 Å². The summed E-state index contributed by atoms with van der Waals surface area (Å²) in [4.78, 5) is 16.2. The molecule has 24 heavy (non-hydrogen) atoms. The minimum atomic E-state index is -3.71. The van der Waals surface area contributed by atoms with E-state index in [0.29, 0.717) is 12.1 Å². The number of likely N-dealkylation sites (N-methyl/N-ethyl adjacent to an activating group) is 1. The zero-order chi connectivity index (χ0) is 17.7. The van der Waals surface area contributed by atoms with Crippen molar-refractivity contribution >= 4 is 15.9 Å². The van der Waals surface area contributed by atoms with Gasteiger partial charge in [0.1, 0.15) is 0 Å². The molecule has 128 valence electrons. The summed E-state index contributed by atoms with van der Waals surface area (Å²) in [5, 5.41) is 2.69. The number of carbonyl (C=O) groups excluding carboxylic acids is 1. The maximum atomic E-state index is 12.7. The Morgan fingerprint density at radius 3 is 2.67 bits per heavy atom. The van der Waals surface area contributed by atoms with E-state index in [-0.39, 0.29) is 17.3 Å². The van der Waals surface area contributed by atoms with Gasteiger partial charge in [0, 0.05) is 26.0 Å². The first-order chi connectivity index (χ1) is 11.3. The van der Waals surface area contributed by atoms with Crippen LogP contribution >= 0.6 is 0 Å². The van der Waals surface area contributed by atoms with E-state index in [4.69, 9.17) is 0 Å². The van der Waals surface area contributed by atoms with Gasteiger partial charge in [0.05, 0.1) is 11.4 Å². The first kappa shape index (κ1) is 18.1. The summed E-state index contributed by atoms with van der Waals surface area (Å²) >= 11 is 0. The number of hydrogen-bond acceptors (Lipinski definition) is 4. The Balaban J connectivity index is 2.03. The van der Waals surface area contributed by atoms with E-state index in [9.17, 15) is 13.2 Å². The normalized spacial score (nSPS) is 11.5. The second-order valence-electron chi connectivity index (χ2n) is 5.67. The Morgan fingerprint density at radius 2 is 2.00 bits per heavy atom. The number of carbonyl (C=O) groups is 1. The van der Waals surface area contributed by atoms with Crippen molar-refractivity contribution in [2.24, 2.45) is 0 Å². The van der Waals surface area contributed by atoms with Gasteiger partial charge in [-0.05, 0) is 42.7 Å². The monoisotopic (exact) mass is 347 g/mol. The molecule has 0 bridgehead atoms. The molecule has 1 amide bonds. The second-order valence-corrected chi connectivity index (χ2v) is 7.68. The lowest BCUT2D eigenvalue weighted by Gasteiger charge is -2.18. The van der Waals surface area contributed by atoms with E-state index in [1.807, 2.05) is 19.1 Å². The van der Waals surface area contributed by atoms with Crippen LogP contribution in [0, 0.1) is 13.8 Å². The molecular formula is C17H21N3O3S. The van der Waals surface area contributed by atoms with Crippen LogP contribution in [0.2, 0.25) is 0 Å². The highest BCUT2D eigenvalue weighted by atomic mass is 32.2. The van der Waals surface area contributed by atoms with E-state index >= 15 is 0 Å². The highest BCUT2D eigenvalue weighted by Crippen LogP contribution is 2.20. The molecule has 7 heteroatoms. The first-order valence-corrected chi connectivity index (χ1v) is 8.94. The van der Waals surface area contributed by atoms with Crippen molar-refractivity contribution in [2.45, 2.75) is 25.3 Å². The molecule has 0 saturated carbocycles. The molecule has 2 rings (SSSR count). The van der Waals surface area contributed by atoms with Crippen LogP contribution in [-0.2, 0) is 21.4 Å². The Hall–Kier alpha value is -2.25. The van der Waals surface area contributed by atoms with Gasteiger partial charge < -0.3 is 5.32 Å². The molecule has 0 atom stereocenters. The number of sulfonamides is 1. The van der Waals surface area contributed by atoms with Crippen LogP contribution < -0.4 is 5.32 Å². The third kappa shape index (κ3) is 4.39. The fourth-order valence-corrected chi connectivity index (χ4v) is 3.63. The summed E-state index contributed by atoms with van der Waals surface area (Å²) in [5.74, 6) is -0.366. The quantitative estimate of drug-likeness (QED) is 0.861. The second kappa shape index (κ2) is 7.55. The lowest BCUT2D eigenvalue weighted by molar-refractivity contribution is -0.121. The van der Waals surface area contributed by atoms with E-state index in [0.717, 1.165) is 15.4 Å². The molecule has 2 aromatic rings. The van der Waals surface area contributed by atoms with Gasteiger partial charge in [-0.25, -0.2) is 8.42 Å². The van der Waals surface area contributed by atoms with Gasteiger partial charge in [0.2, 0.25) is 15.9 Å². The molecule has 1 aromatic heterocycles. The third-order valence-corrected chi connectivity index (χ3v) is 5.56. The molecule has 0 aliphatic rings. The number of nitrogens with one attached hydrogen (secondary N) is 1. The maximum absolute atomic E-state index is 12.7. The lowest BCUT2D eigenvalue weighted by Crippen LogP contribution is -2.38. The van der Waals surface area contributed by atoms with Gasteiger partial charge in [-0.3, -0.25) is 9.78 Å². The van der Waals surface area contributed by atoms with Gasteiger partial charge >= 0.3 is 0 Å². The molecule has 0 spiro atoms. The number of aryl methyl sites for hydroxylation is 2. The minimum absolute atomic E-state index is 0.227. The summed E-state index contributed by atoms with van der Waals surface area (Å²) in [6.07, 6.45) is 3.30. The molecule has 1 heterocycles. The average Bonchev–Trinajstić information content (AvgIpc) is 2.56. The van der Waals surface area contributed by atoms with E-state index in [2.05, 4.69) is 10.3 Å². The van der Waals surface area contributed by atoms with Crippen molar-refractivity contribution in [3.63, 3.8) is 0 Å². The number of amides is 1. The Bertz CT molecular complexity index is 820. The number of aromatic nitrogens is 1. The lowest BCUT2D eigenvalue weighted by atomic mass is 10.2. The summed E-state index contributed by atoms with van der Waals surface area (Å²) in [6, 6.07) is 8.85. The Kier molecular flexibility index (Phi) is 5.69. The molecular weight excluding hydrogens is 326 g/mol. The van der Waals surface area contributed by atoms with Crippen molar-refractivity contribution < 1.29 is 13.2 Å². The molecule has 0 radical (unpaired) electrons.